The summed E-state index contributed by atoms with van der Waals surface area (Å²) in [6.07, 6.45) is 3.54. The molecule has 27 heavy (non-hydrogen) atoms. The number of rotatable bonds is 5. The smallest absolute Gasteiger partial charge is 0.0361 e. The molecule has 0 bridgehead atoms. The number of hydrogen-bond acceptors (Lipinski definition) is 1. The highest BCUT2D eigenvalue weighted by atomic mass is 32.1. The predicted molar refractivity (Wildman–Crippen MR) is 121 cm³/mol. The van der Waals surface area contributed by atoms with Crippen molar-refractivity contribution in [3.05, 3.63) is 90.0 Å². The minimum atomic E-state index is 1.11. The van der Waals surface area contributed by atoms with E-state index < -0.39 is 0 Å². The molecule has 4 aromatic carbocycles. The van der Waals surface area contributed by atoms with Gasteiger partial charge in [-0.25, -0.2) is 0 Å². The average Bonchev–Trinajstić information content (AvgIpc) is 3.10. The third-order valence-corrected chi connectivity index (χ3v) is 6.73. The van der Waals surface area contributed by atoms with Crippen molar-refractivity contribution in [3.63, 3.8) is 0 Å². The number of hydrogen-bond donors (Lipinski definition) is 0. The summed E-state index contributed by atoms with van der Waals surface area (Å²) in [6, 6.07) is 24.5. The lowest BCUT2D eigenvalue weighted by Gasteiger charge is -2.15. The van der Waals surface area contributed by atoms with Gasteiger partial charge in [-0.3, -0.25) is 0 Å². The molecule has 1 aromatic heterocycles. The molecule has 0 spiro atoms. The van der Waals surface area contributed by atoms with Crippen LogP contribution in [0.15, 0.2) is 73.3 Å². The molecule has 5 rings (SSSR count). The Kier molecular flexibility index (Phi) is 3.98. The molecule has 0 atom stereocenters. The lowest BCUT2D eigenvalue weighted by molar-refractivity contribution is 0.794. The van der Waals surface area contributed by atoms with Crippen LogP contribution in [0.5, 0.6) is 0 Å². The molecule has 132 valence electrons. The highest BCUT2D eigenvalue weighted by molar-refractivity contribution is 7.26. The van der Waals surface area contributed by atoms with Crippen LogP contribution in [0.3, 0.4) is 0 Å². The summed E-state index contributed by atoms with van der Waals surface area (Å²) in [5.74, 6) is 0. The number of thiophene rings is 1. The Bertz CT molecular complexity index is 1270. The van der Waals surface area contributed by atoms with Crippen LogP contribution in [0, 0.1) is 0 Å². The first-order chi connectivity index (χ1) is 13.3. The molecule has 5 aromatic rings. The monoisotopic (exact) mass is 366 g/mol. The van der Waals surface area contributed by atoms with Gasteiger partial charge in [0.2, 0.25) is 0 Å². The Morgan fingerprint density at radius 3 is 2.48 bits per heavy atom. The van der Waals surface area contributed by atoms with E-state index in [-0.39, 0.29) is 0 Å². The summed E-state index contributed by atoms with van der Waals surface area (Å²) in [5.41, 5.74) is 5.11. The number of benzene rings is 4. The normalized spacial score (nSPS) is 11.7. The molecule has 0 unspecified atom stereocenters. The fraction of sp³-hybridized carbons (Fsp3) is 0.154. The molecule has 1 heterocycles. The van der Waals surface area contributed by atoms with Gasteiger partial charge in [0, 0.05) is 20.2 Å². The quantitative estimate of drug-likeness (QED) is 0.276. The molecular formula is C26H22S. The van der Waals surface area contributed by atoms with Crippen molar-refractivity contribution < 1.29 is 0 Å². The molecule has 0 aliphatic carbocycles. The van der Waals surface area contributed by atoms with E-state index in [9.17, 15) is 0 Å². The van der Waals surface area contributed by atoms with Crippen LogP contribution < -0.4 is 0 Å². The third-order valence-electron chi connectivity index (χ3n) is 5.61. The molecule has 0 radical (unpaired) electrons. The van der Waals surface area contributed by atoms with Crippen molar-refractivity contribution in [2.75, 3.05) is 0 Å². The molecule has 0 aliphatic heterocycles. The van der Waals surface area contributed by atoms with Crippen LogP contribution >= 0.6 is 11.3 Å². The van der Waals surface area contributed by atoms with Gasteiger partial charge in [0.05, 0.1) is 0 Å². The van der Waals surface area contributed by atoms with Gasteiger partial charge >= 0.3 is 0 Å². The third kappa shape index (κ3) is 2.57. The fourth-order valence-corrected chi connectivity index (χ4v) is 5.43. The van der Waals surface area contributed by atoms with Gasteiger partial charge in [0.1, 0.15) is 0 Å². The van der Waals surface area contributed by atoms with E-state index in [4.69, 9.17) is 0 Å². The Morgan fingerprint density at radius 2 is 1.63 bits per heavy atom. The summed E-state index contributed by atoms with van der Waals surface area (Å²) in [4.78, 5) is 0. The van der Waals surface area contributed by atoms with Gasteiger partial charge in [-0.05, 0) is 64.1 Å². The van der Waals surface area contributed by atoms with Crippen molar-refractivity contribution in [3.8, 4) is 0 Å². The van der Waals surface area contributed by atoms with Crippen molar-refractivity contribution in [2.45, 2.75) is 26.2 Å². The summed E-state index contributed by atoms with van der Waals surface area (Å²) < 4.78 is 2.74. The second kappa shape index (κ2) is 6.51. The lowest BCUT2D eigenvalue weighted by atomic mass is 9.88. The maximum absolute atomic E-state index is 4.56. The summed E-state index contributed by atoms with van der Waals surface area (Å²) in [7, 11) is 0. The maximum atomic E-state index is 4.56. The van der Waals surface area contributed by atoms with E-state index in [0.717, 1.165) is 12.0 Å². The highest BCUT2D eigenvalue weighted by Crippen LogP contribution is 2.44. The topological polar surface area (TPSA) is 0 Å². The number of unbranched alkanes of at least 4 members (excludes halogenated alkanes) is 1. The van der Waals surface area contributed by atoms with E-state index in [1.54, 1.807) is 0 Å². The first kappa shape index (κ1) is 16.5. The van der Waals surface area contributed by atoms with Crippen molar-refractivity contribution in [2.24, 2.45) is 0 Å². The standard InChI is InChI=1S/C26H22S/c1-3-4-9-18-10-5-6-12-20(18)17(2)22-16-19-11-7-14-23-25(19)26-21(22)13-8-15-24(26)27-23/h5-8,10-16H,2-4,9H2,1H3. The Hall–Kier alpha value is -2.64. The van der Waals surface area contributed by atoms with Gasteiger partial charge < -0.3 is 0 Å². The van der Waals surface area contributed by atoms with Crippen molar-refractivity contribution in [1.82, 2.24) is 0 Å². The molecule has 0 saturated carbocycles. The first-order valence-corrected chi connectivity index (χ1v) is 10.5. The molecule has 0 nitrogen and oxygen atoms in total. The Morgan fingerprint density at radius 1 is 0.852 bits per heavy atom. The predicted octanol–water partition coefficient (Wildman–Crippen LogP) is 8.05. The largest absolute Gasteiger partial charge is 0.135 e. The van der Waals surface area contributed by atoms with E-state index >= 15 is 0 Å². The lowest BCUT2D eigenvalue weighted by Crippen LogP contribution is -1.96. The fourth-order valence-electron chi connectivity index (χ4n) is 4.27. The van der Waals surface area contributed by atoms with Gasteiger partial charge in [-0.1, -0.05) is 68.5 Å². The second-order valence-electron chi connectivity index (χ2n) is 7.30. The van der Waals surface area contributed by atoms with Crippen LogP contribution in [0.1, 0.15) is 36.5 Å². The first-order valence-electron chi connectivity index (χ1n) is 9.72. The van der Waals surface area contributed by atoms with E-state index in [1.807, 2.05) is 11.3 Å². The van der Waals surface area contributed by atoms with Gasteiger partial charge in [0.15, 0.2) is 0 Å². The van der Waals surface area contributed by atoms with Crippen molar-refractivity contribution in [1.29, 1.82) is 0 Å². The molecule has 1 heteroatoms. The van der Waals surface area contributed by atoms with E-state index in [0.29, 0.717) is 0 Å². The zero-order chi connectivity index (χ0) is 18.4. The van der Waals surface area contributed by atoms with Crippen LogP contribution in [-0.4, -0.2) is 0 Å². The van der Waals surface area contributed by atoms with Gasteiger partial charge in [-0.15, -0.1) is 11.3 Å². The minimum absolute atomic E-state index is 1.11. The summed E-state index contributed by atoms with van der Waals surface area (Å²) in [6.45, 7) is 6.81. The summed E-state index contributed by atoms with van der Waals surface area (Å²) in [5, 5.41) is 5.45. The van der Waals surface area contributed by atoms with Gasteiger partial charge in [0.25, 0.3) is 0 Å². The number of aryl methyl sites for hydroxylation is 1. The van der Waals surface area contributed by atoms with Crippen LogP contribution in [0.4, 0.5) is 0 Å². The molecule has 0 saturated heterocycles. The minimum Gasteiger partial charge on any atom is -0.135 e. The summed E-state index contributed by atoms with van der Waals surface area (Å²) >= 11 is 1.89. The van der Waals surface area contributed by atoms with E-state index in [2.05, 4.69) is 80.2 Å². The molecule has 0 fully saturated rings. The molecule has 0 aliphatic rings. The zero-order valence-electron chi connectivity index (χ0n) is 15.6. The molecular weight excluding hydrogens is 344 g/mol. The molecule has 0 amide bonds. The zero-order valence-corrected chi connectivity index (χ0v) is 16.4. The Balaban J connectivity index is 1.77. The maximum Gasteiger partial charge on any atom is 0.0361 e. The van der Waals surface area contributed by atoms with Crippen LogP contribution in [0.2, 0.25) is 0 Å². The molecule has 0 N–H and O–H groups in total. The Labute approximate surface area is 164 Å². The van der Waals surface area contributed by atoms with Crippen molar-refractivity contribution >= 4 is 47.9 Å². The van der Waals surface area contributed by atoms with Crippen LogP contribution in [-0.2, 0) is 6.42 Å². The second-order valence-corrected chi connectivity index (χ2v) is 8.38. The van der Waals surface area contributed by atoms with E-state index in [1.165, 1.54) is 60.5 Å². The van der Waals surface area contributed by atoms with Crippen LogP contribution in [0.25, 0.3) is 36.5 Å². The SMILES string of the molecule is C=C(c1ccccc1CCCC)c1cc2cccc3sc4cccc1c4c23. The highest BCUT2D eigenvalue weighted by Gasteiger charge is 2.17. The average molecular weight is 367 g/mol. The van der Waals surface area contributed by atoms with Gasteiger partial charge in [-0.2, -0.15) is 0 Å².